The van der Waals surface area contributed by atoms with Gasteiger partial charge in [-0.2, -0.15) is 0 Å². The maximum Gasteiger partial charge on any atom is 0.325 e. The second-order valence-corrected chi connectivity index (χ2v) is 9.04. The minimum absolute atomic E-state index is 0.00934. The maximum atomic E-state index is 13.0. The first-order valence-corrected chi connectivity index (χ1v) is 10.2. The summed E-state index contributed by atoms with van der Waals surface area (Å²) in [5.74, 6) is 0.0236. The van der Waals surface area contributed by atoms with E-state index in [0.717, 1.165) is 11.3 Å². The number of halogens is 1. The molecule has 4 rings (SSSR count). The average molecular weight is 377 g/mol. The van der Waals surface area contributed by atoms with E-state index >= 15 is 0 Å². The molecule has 0 spiro atoms. The molecule has 0 bridgehead atoms. The summed E-state index contributed by atoms with van der Waals surface area (Å²) in [6.45, 7) is 0.371. The summed E-state index contributed by atoms with van der Waals surface area (Å²) in [5.41, 5.74) is 1.66. The zero-order chi connectivity index (χ0) is 17.6. The monoisotopic (exact) mass is 376 g/mol. The first-order valence-electron chi connectivity index (χ1n) is 8.04. The molecular formula is C18H17ClN2O3S. The number of hydrogen-bond donors (Lipinski definition) is 0. The molecular weight excluding hydrogens is 360 g/mol. The molecule has 0 aromatic heterocycles. The van der Waals surface area contributed by atoms with Crippen LogP contribution in [-0.4, -0.2) is 42.9 Å². The molecule has 7 heteroatoms. The third kappa shape index (κ3) is 3.00. The van der Waals surface area contributed by atoms with E-state index in [0.29, 0.717) is 11.6 Å². The molecule has 2 heterocycles. The topological polar surface area (TPSA) is 57.7 Å². The van der Waals surface area contributed by atoms with E-state index in [9.17, 15) is 13.2 Å². The molecule has 2 amide bonds. The number of para-hydroxylation sites is 1. The van der Waals surface area contributed by atoms with Crippen LogP contribution in [-0.2, 0) is 16.4 Å². The number of hydrogen-bond acceptors (Lipinski definition) is 3. The normalized spacial score (nSPS) is 24.6. The molecule has 0 unspecified atom stereocenters. The third-order valence-corrected chi connectivity index (χ3v) is 6.73. The Bertz CT molecular complexity index is 900. The highest BCUT2D eigenvalue weighted by Gasteiger charge is 2.53. The largest absolute Gasteiger partial charge is 0.325 e. The van der Waals surface area contributed by atoms with E-state index in [2.05, 4.69) is 0 Å². The molecule has 2 aliphatic rings. The number of benzene rings is 2. The fourth-order valence-electron chi connectivity index (χ4n) is 3.64. The number of urea groups is 1. The minimum atomic E-state index is -3.16. The SMILES string of the molecule is O=C1N(Cc2ccc(Cl)cc2)[C@@H]2CS(=O)(=O)C[C@H]2N1c1ccccc1. The van der Waals surface area contributed by atoms with Crippen LogP contribution in [0.1, 0.15) is 5.56 Å². The minimum Gasteiger partial charge on any atom is -0.314 e. The Kier molecular flexibility index (Phi) is 3.96. The van der Waals surface area contributed by atoms with Crippen molar-refractivity contribution >= 4 is 33.2 Å². The molecule has 2 aromatic rings. The van der Waals surface area contributed by atoms with Crippen LogP contribution in [0, 0.1) is 0 Å². The molecule has 25 heavy (non-hydrogen) atoms. The second-order valence-electron chi connectivity index (χ2n) is 6.45. The van der Waals surface area contributed by atoms with E-state index in [1.54, 1.807) is 21.9 Å². The predicted molar refractivity (Wildman–Crippen MR) is 97.5 cm³/mol. The Labute approximate surface area is 151 Å². The van der Waals surface area contributed by atoms with E-state index < -0.39 is 9.84 Å². The van der Waals surface area contributed by atoms with Gasteiger partial charge in [-0.25, -0.2) is 13.2 Å². The lowest BCUT2D eigenvalue weighted by Crippen LogP contribution is -2.37. The Balaban J connectivity index is 1.69. The summed E-state index contributed by atoms with van der Waals surface area (Å²) in [6, 6.07) is 15.7. The average Bonchev–Trinajstić information content (AvgIpc) is 3.01. The second kappa shape index (κ2) is 6.04. The highest BCUT2D eigenvalue weighted by molar-refractivity contribution is 7.91. The summed E-state index contributed by atoms with van der Waals surface area (Å²) in [5, 5.41) is 0.628. The van der Waals surface area contributed by atoms with Crippen LogP contribution in [0.15, 0.2) is 54.6 Å². The molecule has 130 valence electrons. The first kappa shape index (κ1) is 16.4. The van der Waals surface area contributed by atoms with Gasteiger partial charge in [-0.15, -0.1) is 0 Å². The molecule has 2 atom stereocenters. The summed E-state index contributed by atoms with van der Waals surface area (Å²) in [7, 11) is -3.16. The number of fused-ring (bicyclic) bond motifs is 1. The van der Waals surface area contributed by atoms with Gasteiger partial charge >= 0.3 is 6.03 Å². The number of rotatable bonds is 3. The summed E-state index contributed by atoms with van der Waals surface area (Å²) < 4.78 is 24.4. The number of carbonyl (C=O) groups is 1. The van der Waals surface area contributed by atoms with Gasteiger partial charge in [0.25, 0.3) is 0 Å². The van der Waals surface area contributed by atoms with Gasteiger partial charge < -0.3 is 4.90 Å². The van der Waals surface area contributed by atoms with Crippen LogP contribution in [0.3, 0.4) is 0 Å². The van der Waals surface area contributed by atoms with Gasteiger partial charge in [0.1, 0.15) is 0 Å². The highest BCUT2D eigenvalue weighted by atomic mass is 35.5. The lowest BCUT2D eigenvalue weighted by atomic mass is 10.1. The van der Waals surface area contributed by atoms with Crippen molar-refractivity contribution in [3.05, 3.63) is 65.2 Å². The van der Waals surface area contributed by atoms with Crippen molar-refractivity contribution in [2.24, 2.45) is 0 Å². The molecule has 2 aromatic carbocycles. The summed E-state index contributed by atoms with van der Waals surface area (Å²) in [6.07, 6.45) is 0. The van der Waals surface area contributed by atoms with E-state index in [1.165, 1.54) is 0 Å². The van der Waals surface area contributed by atoms with Gasteiger partial charge in [0.2, 0.25) is 0 Å². The molecule has 0 N–H and O–H groups in total. The zero-order valence-electron chi connectivity index (χ0n) is 13.4. The molecule has 2 saturated heterocycles. The number of carbonyl (C=O) groups excluding carboxylic acids is 1. The first-order chi connectivity index (χ1) is 11.9. The van der Waals surface area contributed by atoms with Crippen LogP contribution < -0.4 is 4.90 Å². The van der Waals surface area contributed by atoms with Gasteiger partial charge in [-0.05, 0) is 29.8 Å². The number of sulfone groups is 1. The number of anilines is 1. The maximum absolute atomic E-state index is 13.0. The smallest absolute Gasteiger partial charge is 0.314 e. The van der Waals surface area contributed by atoms with Gasteiger partial charge in [0, 0.05) is 17.3 Å². The van der Waals surface area contributed by atoms with Crippen molar-refractivity contribution < 1.29 is 13.2 Å². The number of nitrogens with zero attached hydrogens (tertiary/aromatic N) is 2. The van der Waals surface area contributed by atoms with Gasteiger partial charge in [0.05, 0.1) is 23.6 Å². The van der Waals surface area contributed by atoms with E-state index in [4.69, 9.17) is 11.6 Å². The van der Waals surface area contributed by atoms with Crippen LogP contribution in [0.2, 0.25) is 5.02 Å². The van der Waals surface area contributed by atoms with Crippen molar-refractivity contribution in [1.29, 1.82) is 0 Å². The van der Waals surface area contributed by atoms with Crippen LogP contribution in [0.4, 0.5) is 10.5 Å². The quantitative estimate of drug-likeness (QED) is 0.774. The number of amides is 2. The van der Waals surface area contributed by atoms with Crippen molar-refractivity contribution in [2.75, 3.05) is 16.4 Å². The van der Waals surface area contributed by atoms with Crippen LogP contribution >= 0.6 is 11.6 Å². The van der Waals surface area contributed by atoms with Crippen molar-refractivity contribution in [2.45, 2.75) is 18.6 Å². The summed E-state index contributed by atoms with van der Waals surface area (Å²) in [4.78, 5) is 16.3. The Hall–Kier alpha value is -2.05. The van der Waals surface area contributed by atoms with E-state index in [1.807, 2.05) is 42.5 Å². The molecule has 2 fully saturated rings. The lowest BCUT2D eigenvalue weighted by molar-refractivity contribution is 0.206. The fraction of sp³-hybridized carbons (Fsp3) is 0.278. The van der Waals surface area contributed by atoms with Crippen molar-refractivity contribution in [3.8, 4) is 0 Å². The van der Waals surface area contributed by atoms with E-state index in [-0.39, 0.29) is 29.6 Å². The van der Waals surface area contributed by atoms with Crippen LogP contribution in [0.25, 0.3) is 0 Å². The Morgan fingerprint density at radius 2 is 1.60 bits per heavy atom. The molecule has 0 saturated carbocycles. The van der Waals surface area contributed by atoms with Crippen LogP contribution in [0.5, 0.6) is 0 Å². The molecule has 0 aliphatic carbocycles. The van der Waals surface area contributed by atoms with Crippen molar-refractivity contribution in [1.82, 2.24) is 4.90 Å². The van der Waals surface area contributed by atoms with Gasteiger partial charge in [0.15, 0.2) is 9.84 Å². The van der Waals surface area contributed by atoms with Crippen molar-refractivity contribution in [3.63, 3.8) is 0 Å². The highest BCUT2D eigenvalue weighted by Crippen LogP contribution is 2.35. The molecule has 0 radical (unpaired) electrons. The molecule has 2 aliphatic heterocycles. The van der Waals surface area contributed by atoms with Gasteiger partial charge in [-0.3, -0.25) is 4.90 Å². The predicted octanol–water partition coefficient (Wildman–Crippen LogP) is 2.95. The zero-order valence-corrected chi connectivity index (χ0v) is 14.9. The Morgan fingerprint density at radius 3 is 2.28 bits per heavy atom. The molecule has 5 nitrogen and oxygen atoms in total. The Morgan fingerprint density at radius 1 is 0.960 bits per heavy atom. The third-order valence-electron chi connectivity index (χ3n) is 4.78. The summed E-state index contributed by atoms with van der Waals surface area (Å²) >= 11 is 5.92. The standard InChI is InChI=1S/C18H17ClN2O3S/c19-14-8-6-13(7-9-14)10-20-16-11-25(23,24)12-17(16)21(18(20)22)15-4-2-1-3-5-15/h1-9,16-17H,10-12H2/t16-,17-/m1/s1. The fourth-order valence-corrected chi connectivity index (χ4v) is 5.71. The lowest BCUT2D eigenvalue weighted by Gasteiger charge is -2.22. The van der Waals surface area contributed by atoms with Gasteiger partial charge in [-0.1, -0.05) is 41.9 Å².